The fourth-order valence-electron chi connectivity index (χ4n) is 2.01. The van der Waals surface area contributed by atoms with Gasteiger partial charge in [0.15, 0.2) is 0 Å². The number of aliphatic carboxylic acids is 1. The Hall–Kier alpha value is -1.39. The standard InChI is InChI=1S/C12H16N2O2/c15-12(16)7-6-10-8-11(14-13-10)9-4-2-1-3-5-9/h1-5,10-11,13-14H,6-8H2,(H,15,16). The summed E-state index contributed by atoms with van der Waals surface area (Å²) in [6, 6.07) is 10.7. The summed E-state index contributed by atoms with van der Waals surface area (Å²) in [7, 11) is 0. The van der Waals surface area contributed by atoms with Gasteiger partial charge in [-0.25, -0.2) is 0 Å². The molecule has 0 aromatic heterocycles. The highest BCUT2D eigenvalue weighted by atomic mass is 16.4. The van der Waals surface area contributed by atoms with Crippen LogP contribution in [0.4, 0.5) is 0 Å². The molecule has 0 saturated carbocycles. The van der Waals surface area contributed by atoms with Gasteiger partial charge in [0.25, 0.3) is 0 Å². The van der Waals surface area contributed by atoms with Crippen LogP contribution in [0.1, 0.15) is 30.9 Å². The topological polar surface area (TPSA) is 61.4 Å². The minimum absolute atomic E-state index is 0.223. The number of rotatable bonds is 4. The van der Waals surface area contributed by atoms with Gasteiger partial charge in [0.05, 0.1) is 0 Å². The molecule has 4 heteroatoms. The lowest BCUT2D eigenvalue weighted by molar-refractivity contribution is -0.137. The molecule has 1 aliphatic rings. The summed E-state index contributed by atoms with van der Waals surface area (Å²) in [5.41, 5.74) is 7.59. The van der Waals surface area contributed by atoms with Crippen molar-refractivity contribution in [1.29, 1.82) is 0 Å². The molecule has 2 rings (SSSR count). The number of carboxylic acids is 1. The van der Waals surface area contributed by atoms with Crippen molar-refractivity contribution in [3.05, 3.63) is 35.9 Å². The number of nitrogens with one attached hydrogen (secondary N) is 2. The zero-order valence-corrected chi connectivity index (χ0v) is 9.02. The van der Waals surface area contributed by atoms with Gasteiger partial charge >= 0.3 is 5.97 Å². The Morgan fingerprint density at radius 3 is 2.75 bits per heavy atom. The molecular weight excluding hydrogens is 204 g/mol. The van der Waals surface area contributed by atoms with E-state index in [0.29, 0.717) is 12.5 Å². The molecule has 0 radical (unpaired) electrons. The van der Waals surface area contributed by atoms with E-state index in [2.05, 4.69) is 23.0 Å². The van der Waals surface area contributed by atoms with Crippen molar-refractivity contribution in [2.24, 2.45) is 0 Å². The maximum atomic E-state index is 10.5. The first-order chi connectivity index (χ1) is 7.75. The van der Waals surface area contributed by atoms with Crippen LogP contribution in [0.2, 0.25) is 0 Å². The predicted molar refractivity (Wildman–Crippen MR) is 60.7 cm³/mol. The normalized spacial score (nSPS) is 24.5. The highest BCUT2D eigenvalue weighted by Gasteiger charge is 2.24. The Morgan fingerprint density at radius 2 is 2.06 bits per heavy atom. The molecule has 3 N–H and O–H groups in total. The van der Waals surface area contributed by atoms with Crippen molar-refractivity contribution in [3.63, 3.8) is 0 Å². The summed E-state index contributed by atoms with van der Waals surface area (Å²) in [6.07, 6.45) is 1.84. The number of benzene rings is 1. The molecule has 1 aromatic rings. The molecule has 0 amide bonds. The minimum atomic E-state index is -0.732. The van der Waals surface area contributed by atoms with Gasteiger partial charge in [-0.15, -0.1) is 0 Å². The number of hydrogen-bond acceptors (Lipinski definition) is 3. The van der Waals surface area contributed by atoms with Crippen molar-refractivity contribution in [2.45, 2.75) is 31.3 Å². The summed E-state index contributed by atoms with van der Waals surface area (Å²) in [5, 5.41) is 8.61. The van der Waals surface area contributed by atoms with Crippen molar-refractivity contribution in [3.8, 4) is 0 Å². The summed E-state index contributed by atoms with van der Waals surface area (Å²) in [4.78, 5) is 10.5. The number of hydrogen-bond donors (Lipinski definition) is 3. The van der Waals surface area contributed by atoms with Crippen LogP contribution in [0, 0.1) is 0 Å². The van der Waals surface area contributed by atoms with E-state index in [1.807, 2.05) is 18.2 Å². The maximum Gasteiger partial charge on any atom is 0.303 e. The first-order valence-electron chi connectivity index (χ1n) is 5.53. The summed E-state index contributed by atoms with van der Waals surface area (Å²) in [6.45, 7) is 0. The third-order valence-electron chi connectivity index (χ3n) is 2.89. The van der Waals surface area contributed by atoms with Crippen molar-refractivity contribution >= 4 is 5.97 Å². The Balaban J connectivity index is 1.86. The zero-order chi connectivity index (χ0) is 11.4. The van der Waals surface area contributed by atoms with Gasteiger partial charge in [-0.3, -0.25) is 15.6 Å². The molecular formula is C12H16N2O2. The van der Waals surface area contributed by atoms with E-state index in [0.717, 1.165) is 6.42 Å². The van der Waals surface area contributed by atoms with Gasteiger partial charge in [-0.1, -0.05) is 30.3 Å². The average Bonchev–Trinajstić information content (AvgIpc) is 2.76. The lowest BCUT2D eigenvalue weighted by atomic mass is 10.00. The summed E-state index contributed by atoms with van der Waals surface area (Å²) in [5.74, 6) is -0.732. The lowest BCUT2D eigenvalue weighted by Crippen LogP contribution is -2.31. The van der Waals surface area contributed by atoms with Crippen molar-refractivity contribution < 1.29 is 9.90 Å². The Labute approximate surface area is 94.6 Å². The van der Waals surface area contributed by atoms with E-state index in [1.165, 1.54) is 5.56 Å². The SMILES string of the molecule is O=C(O)CCC1CC(c2ccccc2)NN1. The quantitative estimate of drug-likeness (QED) is 0.719. The van der Waals surface area contributed by atoms with E-state index in [9.17, 15) is 4.79 Å². The first kappa shape index (κ1) is 11.1. The summed E-state index contributed by atoms with van der Waals surface area (Å²) >= 11 is 0. The molecule has 1 fully saturated rings. The van der Waals surface area contributed by atoms with Gasteiger partial charge in [-0.2, -0.15) is 0 Å². The van der Waals surface area contributed by atoms with Crippen LogP contribution in [-0.2, 0) is 4.79 Å². The lowest BCUT2D eigenvalue weighted by Gasteiger charge is -2.08. The van der Waals surface area contributed by atoms with E-state index in [1.54, 1.807) is 0 Å². The van der Waals surface area contributed by atoms with Crippen LogP contribution in [0.5, 0.6) is 0 Å². The molecule has 1 aromatic carbocycles. The van der Waals surface area contributed by atoms with E-state index in [4.69, 9.17) is 5.11 Å². The van der Waals surface area contributed by atoms with Crippen LogP contribution < -0.4 is 10.9 Å². The van der Waals surface area contributed by atoms with Crippen molar-refractivity contribution in [1.82, 2.24) is 10.9 Å². The van der Waals surface area contributed by atoms with Gasteiger partial charge in [0.2, 0.25) is 0 Å². The third kappa shape index (κ3) is 2.81. The van der Waals surface area contributed by atoms with E-state index < -0.39 is 5.97 Å². The number of hydrazine groups is 1. The second-order valence-electron chi connectivity index (χ2n) is 4.12. The first-order valence-corrected chi connectivity index (χ1v) is 5.53. The second-order valence-corrected chi connectivity index (χ2v) is 4.12. The summed E-state index contributed by atoms with van der Waals surface area (Å²) < 4.78 is 0. The van der Waals surface area contributed by atoms with Crippen LogP contribution in [0.3, 0.4) is 0 Å². The Bertz CT molecular complexity index is 353. The minimum Gasteiger partial charge on any atom is -0.481 e. The molecule has 0 aliphatic carbocycles. The number of carbonyl (C=O) groups is 1. The average molecular weight is 220 g/mol. The molecule has 1 saturated heterocycles. The molecule has 4 nitrogen and oxygen atoms in total. The highest BCUT2D eigenvalue weighted by molar-refractivity contribution is 5.66. The molecule has 0 bridgehead atoms. The van der Waals surface area contributed by atoms with Gasteiger partial charge in [0, 0.05) is 18.5 Å². The van der Waals surface area contributed by atoms with Crippen LogP contribution >= 0.6 is 0 Å². The molecule has 1 heterocycles. The smallest absolute Gasteiger partial charge is 0.303 e. The van der Waals surface area contributed by atoms with Crippen molar-refractivity contribution in [2.75, 3.05) is 0 Å². The second kappa shape index (κ2) is 5.09. The molecule has 0 spiro atoms. The molecule has 2 atom stereocenters. The molecule has 1 aliphatic heterocycles. The maximum absolute atomic E-state index is 10.5. The monoisotopic (exact) mass is 220 g/mol. The largest absolute Gasteiger partial charge is 0.481 e. The fourth-order valence-corrected chi connectivity index (χ4v) is 2.01. The number of carboxylic acid groups (broad SMARTS) is 1. The fraction of sp³-hybridized carbons (Fsp3) is 0.417. The Morgan fingerprint density at radius 1 is 1.31 bits per heavy atom. The van der Waals surface area contributed by atoms with Crippen LogP contribution in [0.15, 0.2) is 30.3 Å². The van der Waals surface area contributed by atoms with Gasteiger partial charge in [-0.05, 0) is 18.4 Å². The predicted octanol–water partition coefficient (Wildman–Crippen LogP) is 1.46. The molecule has 16 heavy (non-hydrogen) atoms. The zero-order valence-electron chi connectivity index (χ0n) is 9.02. The molecule has 2 unspecified atom stereocenters. The van der Waals surface area contributed by atoms with Gasteiger partial charge in [0.1, 0.15) is 0 Å². The van der Waals surface area contributed by atoms with Crippen LogP contribution in [-0.4, -0.2) is 17.1 Å². The Kier molecular flexibility index (Phi) is 3.54. The van der Waals surface area contributed by atoms with Crippen LogP contribution in [0.25, 0.3) is 0 Å². The molecule has 86 valence electrons. The highest BCUT2D eigenvalue weighted by Crippen LogP contribution is 2.23. The van der Waals surface area contributed by atoms with E-state index in [-0.39, 0.29) is 12.5 Å². The van der Waals surface area contributed by atoms with E-state index >= 15 is 0 Å². The third-order valence-corrected chi connectivity index (χ3v) is 2.89. The van der Waals surface area contributed by atoms with Gasteiger partial charge < -0.3 is 5.11 Å².